The van der Waals surface area contributed by atoms with Crippen LogP contribution < -0.4 is 10.6 Å². The molecule has 1 aromatic rings. The van der Waals surface area contributed by atoms with Crippen LogP contribution in [0.15, 0.2) is 29.2 Å². The Labute approximate surface area is 241 Å². The van der Waals surface area contributed by atoms with Crippen LogP contribution in [0.5, 0.6) is 0 Å². The fourth-order valence-electron chi connectivity index (χ4n) is 5.46. The standard InChI is InChI=1S/C25H30F3N5O2S.C3H6O2/c26-25(27,28)16-2-1-3-18(12-16)36-19-13-21(22(34)31-24(15-29)7-8-24)33(14-19)23(35)20-6-11-32(20)17-4-9-30-10-5-17;1-2-3(4)5/h1-3,12,17,19-21,30H,4-11,13-14H2,(H,31,34);2H2,1H3,(H,4,5)/t19-,20?,21+;/m1./s1. The number of nitrogens with zero attached hydrogens (tertiary/aromatic N) is 3. The van der Waals surface area contributed by atoms with Crippen LogP contribution in [-0.4, -0.2) is 87.8 Å². The monoisotopic (exact) mass is 595 g/mol. The minimum absolute atomic E-state index is 0.0890. The van der Waals surface area contributed by atoms with Gasteiger partial charge in [-0.15, -0.1) is 11.8 Å². The van der Waals surface area contributed by atoms with Gasteiger partial charge < -0.3 is 20.6 Å². The maximum Gasteiger partial charge on any atom is 0.416 e. The number of thioether (sulfide) groups is 1. The normalized spacial score (nSPS) is 25.7. The minimum Gasteiger partial charge on any atom is -0.481 e. The van der Waals surface area contributed by atoms with E-state index in [9.17, 15) is 32.8 Å². The zero-order chi connectivity index (χ0) is 29.8. The summed E-state index contributed by atoms with van der Waals surface area (Å²) in [7, 11) is 0. The molecule has 4 aliphatic rings. The molecule has 4 fully saturated rings. The van der Waals surface area contributed by atoms with Gasteiger partial charge in [-0.25, -0.2) is 0 Å². The minimum atomic E-state index is -4.44. The number of carboxylic acids is 1. The van der Waals surface area contributed by atoms with Crippen molar-refractivity contribution in [3.63, 3.8) is 0 Å². The number of carbonyl (C=O) groups excluding carboxylic acids is 2. The lowest BCUT2D eigenvalue weighted by Crippen LogP contribution is -2.63. The second-order valence-electron chi connectivity index (χ2n) is 11.0. The summed E-state index contributed by atoms with van der Waals surface area (Å²) in [5.41, 5.74) is -1.57. The number of likely N-dealkylation sites (tertiary alicyclic amines) is 2. The predicted molar refractivity (Wildman–Crippen MR) is 146 cm³/mol. The number of hydrogen-bond acceptors (Lipinski definition) is 7. The third-order valence-corrected chi connectivity index (χ3v) is 9.27. The predicted octanol–water partition coefficient (Wildman–Crippen LogP) is 3.25. The average Bonchev–Trinajstić information content (AvgIpc) is 3.57. The highest BCUT2D eigenvalue weighted by atomic mass is 32.2. The Morgan fingerprint density at radius 1 is 1.20 bits per heavy atom. The van der Waals surface area contributed by atoms with Crippen LogP contribution in [0, 0.1) is 11.3 Å². The van der Waals surface area contributed by atoms with Crippen molar-refractivity contribution in [2.75, 3.05) is 26.2 Å². The van der Waals surface area contributed by atoms with Gasteiger partial charge in [0.25, 0.3) is 0 Å². The highest BCUT2D eigenvalue weighted by Gasteiger charge is 2.50. The second-order valence-corrected chi connectivity index (χ2v) is 12.3. The Balaban J connectivity index is 0.000000714. The van der Waals surface area contributed by atoms with E-state index < -0.39 is 29.3 Å². The molecule has 1 saturated carbocycles. The molecular weight excluding hydrogens is 559 g/mol. The number of carboxylic acid groups (broad SMARTS) is 1. The lowest BCUT2D eigenvalue weighted by atomic mass is 9.93. The lowest BCUT2D eigenvalue weighted by molar-refractivity contribution is -0.148. The SMILES string of the molecule is CCC(=O)O.N#CC1(NC(=O)[C@@H]2C[C@@H](Sc3cccc(C(F)(F)F)c3)CN2C(=O)C2CCN2C2CCNCC2)CC1. The van der Waals surface area contributed by atoms with Crippen molar-refractivity contribution < 1.29 is 32.7 Å². The quantitative estimate of drug-likeness (QED) is 0.439. The number of carbonyl (C=O) groups is 3. The van der Waals surface area contributed by atoms with E-state index in [2.05, 4.69) is 21.6 Å². The molecule has 9 nitrogen and oxygen atoms in total. The summed E-state index contributed by atoms with van der Waals surface area (Å²) in [6.07, 6.45) is -0.0101. The number of benzene rings is 1. The number of nitriles is 1. The molecule has 1 aromatic carbocycles. The van der Waals surface area contributed by atoms with Gasteiger partial charge in [0.05, 0.1) is 17.7 Å². The van der Waals surface area contributed by atoms with E-state index in [1.54, 1.807) is 17.9 Å². The fraction of sp³-hybridized carbons (Fsp3) is 0.643. The molecule has 224 valence electrons. The smallest absolute Gasteiger partial charge is 0.416 e. The van der Waals surface area contributed by atoms with Gasteiger partial charge in [0.1, 0.15) is 11.6 Å². The zero-order valence-electron chi connectivity index (χ0n) is 23.0. The summed E-state index contributed by atoms with van der Waals surface area (Å²) in [5, 5.41) is 23.1. The summed E-state index contributed by atoms with van der Waals surface area (Å²) in [6, 6.07) is 6.64. The molecule has 13 heteroatoms. The summed E-state index contributed by atoms with van der Waals surface area (Å²) in [6.45, 7) is 4.58. The molecule has 3 saturated heterocycles. The number of halogens is 3. The van der Waals surface area contributed by atoms with Crippen molar-refractivity contribution in [1.82, 2.24) is 20.4 Å². The molecule has 2 amide bonds. The fourth-order valence-corrected chi connectivity index (χ4v) is 6.71. The van der Waals surface area contributed by atoms with Crippen molar-refractivity contribution in [1.29, 1.82) is 5.26 Å². The number of hydrogen-bond donors (Lipinski definition) is 3. The first-order chi connectivity index (χ1) is 19.5. The topological polar surface area (TPSA) is 126 Å². The molecule has 1 unspecified atom stereocenters. The molecule has 3 aliphatic heterocycles. The van der Waals surface area contributed by atoms with Crippen LogP contribution in [-0.2, 0) is 20.6 Å². The summed E-state index contributed by atoms with van der Waals surface area (Å²) in [4.78, 5) is 40.6. The van der Waals surface area contributed by atoms with Crippen molar-refractivity contribution >= 4 is 29.5 Å². The molecule has 0 aromatic heterocycles. The number of rotatable bonds is 7. The van der Waals surface area contributed by atoms with E-state index >= 15 is 0 Å². The third kappa shape index (κ3) is 7.72. The average molecular weight is 596 g/mol. The molecule has 3 heterocycles. The number of aliphatic carboxylic acids is 1. The van der Waals surface area contributed by atoms with Crippen LogP contribution >= 0.6 is 11.8 Å². The van der Waals surface area contributed by atoms with Crippen LogP contribution in [0.2, 0.25) is 0 Å². The molecular formula is C28H36F3N5O4S. The van der Waals surface area contributed by atoms with Crippen LogP contribution in [0.25, 0.3) is 0 Å². The Kier molecular flexibility index (Phi) is 9.87. The Bertz CT molecular complexity index is 1170. The van der Waals surface area contributed by atoms with Gasteiger partial charge in [0, 0.05) is 35.7 Å². The molecule has 0 radical (unpaired) electrons. The molecule has 0 bridgehead atoms. The van der Waals surface area contributed by atoms with Gasteiger partial charge in [-0.1, -0.05) is 13.0 Å². The molecule has 5 rings (SSSR count). The first-order valence-electron chi connectivity index (χ1n) is 14.0. The second kappa shape index (κ2) is 13.0. The van der Waals surface area contributed by atoms with Gasteiger partial charge in [-0.2, -0.15) is 18.4 Å². The third-order valence-electron chi connectivity index (χ3n) is 8.07. The van der Waals surface area contributed by atoms with E-state index in [4.69, 9.17) is 5.11 Å². The molecule has 0 spiro atoms. The summed E-state index contributed by atoms with van der Waals surface area (Å²) < 4.78 is 39.6. The summed E-state index contributed by atoms with van der Waals surface area (Å²) in [5.74, 6) is -1.18. The molecule has 41 heavy (non-hydrogen) atoms. The van der Waals surface area contributed by atoms with Gasteiger partial charge in [-0.3, -0.25) is 19.3 Å². The summed E-state index contributed by atoms with van der Waals surface area (Å²) >= 11 is 1.27. The maximum absolute atomic E-state index is 13.7. The zero-order valence-corrected chi connectivity index (χ0v) is 23.8. The Morgan fingerprint density at radius 3 is 2.41 bits per heavy atom. The molecule has 3 N–H and O–H groups in total. The van der Waals surface area contributed by atoms with Gasteiger partial charge in [-0.05, 0) is 69.8 Å². The van der Waals surface area contributed by atoms with Crippen LogP contribution in [0.3, 0.4) is 0 Å². The number of nitrogens with one attached hydrogen (secondary N) is 2. The van der Waals surface area contributed by atoms with Gasteiger partial charge in [0.15, 0.2) is 0 Å². The van der Waals surface area contributed by atoms with E-state index in [0.29, 0.717) is 30.2 Å². The number of amides is 2. The number of alkyl halides is 3. The maximum atomic E-state index is 13.7. The Morgan fingerprint density at radius 2 is 1.88 bits per heavy atom. The molecule has 1 aliphatic carbocycles. The van der Waals surface area contributed by atoms with E-state index in [0.717, 1.165) is 51.0 Å². The molecule has 3 atom stereocenters. The van der Waals surface area contributed by atoms with Crippen molar-refractivity contribution in [3.05, 3.63) is 29.8 Å². The van der Waals surface area contributed by atoms with E-state index in [1.165, 1.54) is 17.8 Å². The van der Waals surface area contributed by atoms with E-state index in [-0.39, 0.29) is 36.1 Å². The van der Waals surface area contributed by atoms with Crippen LogP contribution in [0.1, 0.15) is 57.4 Å². The van der Waals surface area contributed by atoms with Crippen molar-refractivity contribution in [2.45, 2.75) is 91.9 Å². The van der Waals surface area contributed by atoms with Crippen molar-refractivity contribution in [2.24, 2.45) is 0 Å². The largest absolute Gasteiger partial charge is 0.481 e. The van der Waals surface area contributed by atoms with E-state index in [1.807, 2.05) is 0 Å². The first kappa shape index (κ1) is 31.1. The van der Waals surface area contributed by atoms with Crippen LogP contribution in [0.4, 0.5) is 13.2 Å². The van der Waals surface area contributed by atoms with Crippen molar-refractivity contribution in [3.8, 4) is 6.07 Å². The number of piperidine rings is 1. The highest BCUT2D eigenvalue weighted by molar-refractivity contribution is 8.00. The lowest BCUT2D eigenvalue weighted by Gasteiger charge is -2.48. The Hall–Kier alpha value is -2.82. The van der Waals surface area contributed by atoms with Gasteiger partial charge in [0.2, 0.25) is 11.8 Å². The first-order valence-corrected chi connectivity index (χ1v) is 14.9. The highest BCUT2D eigenvalue weighted by Crippen LogP contribution is 2.39. The van der Waals surface area contributed by atoms with Gasteiger partial charge >= 0.3 is 12.1 Å².